The topological polar surface area (TPSA) is 70.7 Å². The Kier molecular flexibility index (Phi) is 11.1. The predicted octanol–water partition coefficient (Wildman–Crippen LogP) is 7.20. The highest BCUT2D eigenvalue weighted by Crippen LogP contribution is 2.26. The first-order chi connectivity index (χ1) is 17.9. The third kappa shape index (κ3) is 8.13. The van der Waals surface area contributed by atoms with Crippen molar-refractivity contribution in [2.75, 3.05) is 23.4 Å². The zero-order chi connectivity index (χ0) is 26.6. The molecule has 0 aliphatic heterocycles. The monoisotopic (exact) mass is 581 g/mol. The summed E-state index contributed by atoms with van der Waals surface area (Å²) in [4.78, 5) is 27.9. The van der Waals surface area contributed by atoms with E-state index >= 15 is 0 Å². The first-order valence-corrected chi connectivity index (χ1v) is 13.6. The summed E-state index contributed by atoms with van der Waals surface area (Å²) in [6, 6.07) is 21.7. The molecule has 194 valence electrons. The fraction of sp³-hybridized carbons (Fsp3) is 0.276. The number of hydrogen-bond donors (Lipinski definition) is 2. The van der Waals surface area contributed by atoms with Crippen LogP contribution in [0.15, 0.2) is 77.3 Å². The van der Waals surface area contributed by atoms with Gasteiger partial charge in [0.25, 0.3) is 11.8 Å². The molecule has 3 aromatic rings. The van der Waals surface area contributed by atoms with Gasteiger partial charge in [-0.2, -0.15) is 0 Å². The third-order valence-corrected chi connectivity index (χ3v) is 6.54. The molecule has 0 aliphatic rings. The normalized spacial score (nSPS) is 10.5. The fourth-order valence-corrected chi connectivity index (χ4v) is 4.47. The number of halogens is 1. The minimum Gasteiger partial charge on any atom is -0.492 e. The number of carbonyl (C=O) groups is 2. The number of benzene rings is 3. The van der Waals surface area contributed by atoms with E-state index in [4.69, 9.17) is 17.0 Å². The van der Waals surface area contributed by atoms with E-state index < -0.39 is 0 Å². The van der Waals surface area contributed by atoms with Crippen molar-refractivity contribution < 1.29 is 14.3 Å². The van der Waals surface area contributed by atoms with Crippen LogP contribution in [0.25, 0.3) is 0 Å². The van der Waals surface area contributed by atoms with E-state index in [-0.39, 0.29) is 16.9 Å². The Balaban J connectivity index is 1.64. The van der Waals surface area contributed by atoms with E-state index in [2.05, 4.69) is 33.5 Å². The van der Waals surface area contributed by atoms with Crippen LogP contribution in [0.3, 0.4) is 0 Å². The lowest BCUT2D eigenvalue weighted by Crippen LogP contribution is -2.35. The molecule has 0 saturated carbocycles. The van der Waals surface area contributed by atoms with Gasteiger partial charge in [0.15, 0.2) is 5.11 Å². The number of thiocarbonyl (C=S) groups is 1. The summed E-state index contributed by atoms with van der Waals surface area (Å²) < 4.78 is 6.52. The molecule has 6 nitrogen and oxygen atoms in total. The lowest BCUT2D eigenvalue weighted by molar-refractivity contribution is 0.0974. The van der Waals surface area contributed by atoms with Crippen molar-refractivity contribution >= 4 is 56.4 Å². The van der Waals surface area contributed by atoms with Crippen molar-refractivity contribution in [2.45, 2.75) is 39.5 Å². The zero-order valence-electron chi connectivity index (χ0n) is 21.1. The first-order valence-electron chi connectivity index (χ1n) is 12.4. The van der Waals surface area contributed by atoms with E-state index in [0.29, 0.717) is 40.2 Å². The molecule has 8 heteroatoms. The van der Waals surface area contributed by atoms with Gasteiger partial charge >= 0.3 is 0 Å². The van der Waals surface area contributed by atoms with Gasteiger partial charge in [-0.05, 0) is 84.0 Å². The van der Waals surface area contributed by atoms with E-state index in [0.717, 1.165) is 18.5 Å². The van der Waals surface area contributed by atoms with Crippen molar-refractivity contribution in [1.29, 1.82) is 0 Å². The van der Waals surface area contributed by atoms with Gasteiger partial charge in [-0.3, -0.25) is 14.9 Å². The summed E-state index contributed by atoms with van der Waals surface area (Å²) in [5.41, 5.74) is 2.20. The number of para-hydroxylation sites is 2. The van der Waals surface area contributed by atoms with Crippen molar-refractivity contribution in [2.24, 2.45) is 0 Å². The Hall–Kier alpha value is -3.23. The summed E-state index contributed by atoms with van der Waals surface area (Å²) in [6.07, 6.45) is 4.50. The molecule has 37 heavy (non-hydrogen) atoms. The van der Waals surface area contributed by atoms with Crippen molar-refractivity contribution in [1.82, 2.24) is 5.32 Å². The smallest absolute Gasteiger partial charge is 0.260 e. The highest BCUT2D eigenvalue weighted by molar-refractivity contribution is 9.10. The molecule has 2 N–H and O–H groups in total. The Morgan fingerprint density at radius 2 is 1.68 bits per heavy atom. The van der Waals surface area contributed by atoms with E-state index in [1.54, 1.807) is 47.4 Å². The molecule has 0 bridgehead atoms. The number of ether oxygens (including phenoxy) is 1. The Bertz CT molecular complexity index is 1220. The Morgan fingerprint density at radius 1 is 0.946 bits per heavy atom. The van der Waals surface area contributed by atoms with Crippen LogP contribution < -0.4 is 20.3 Å². The molecule has 0 saturated heterocycles. The highest BCUT2D eigenvalue weighted by Gasteiger charge is 2.20. The first kappa shape index (κ1) is 28.3. The molecule has 0 radical (unpaired) electrons. The summed E-state index contributed by atoms with van der Waals surface area (Å²) in [5.74, 6) is 0.163. The van der Waals surface area contributed by atoms with Crippen molar-refractivity contribution in [3.63, 3.8) is 0 Å². The van der Waals surface area contributed by atoms with Crippen LogP contribution >= 0.6 is 28.1 Å². The van der Waals surface area contributed by atoms with Gasteiger partial charge in [0.05, 0.1) is 22.3 Å². The van der Waals surface area contributed by atoms with Gasteiger partial charge in [0.2, 0.25) is 0 Å². The number of anilines is 2. The molecule has 0 fully saturated rings. The maximum absolute atomic E-state index is 13.4. The Labute approximate surface area is 232 Å². The van der Waals surface area contributed by atoms with Crippen molar-refractivity contribution in [3.05, 3.63) is 88.4 Å². The molecule has 3 rings (SSSR count). The number of nitrogens with zero attached hydrogens (tertiary/aromatic N) is 1. The lowest BCUT2D eigenvalue weighted by Gasteiger charge is -2.23. The van der Waals surface area contributed by atoms with Crippen LogP contribution in [0.2, 0.25) is 0 Å². The summed E-state index contributed by atoms with van der Waals surface area (Å²) in [7, 11) is 0. The van der Waals surface area contributed by atoms with Gasteiger partial charge in [0.1, 0.15) is 5.75 Å². The molecule has 3 aromatic carbocycles. The number of unbranched alkanes of at least 4 members (excludes halogenated alkanes) is 3. The van der Waals surface area contributed by atoms with Gasteiger partial charge < -0.3 is 15.0 Å². The van der Waals surface area contributed by atoms with Crippen LogP contribution in [0.1, 0.15) is 60.2 Å². The molecule has 0 spiro atoms. The number of carbonyl (C=O) groups excluding carboxylic acids is 2. The van der Waals surface area contributed by atoms with Crippen LogP contribution in [0, 0.1) is 0 Å². The molecular weight excluding hydrogens is 550 g/mol. The van der Waals surface area contributed by atoms with Crippen molar-refractivity contribution in [3.8, 4) is 5.75 Å². The van der Waals surface area contributed by atoms with Crippen LogP contribution in [-0.4, -0.2) is 30.1 Å². The minimum atomic E-state index is -0.365. The molecule has 0 aromatic heterocycles. The second kappa shape index (κ2) is 14.5. The maximum atomic E-state index is 13.4. The summed E-state index contributed by atoms with van der Waals surface area (Å²) >= 11 is 8.88. The Morgan fingerprint density at radius 3 is 2.38 bits per heavy atom. The minimum absolute atomic E-state index is 0.0976. The number of rotatable bonds is 11. The molecular formula is C29H32BrN3O3S. The quantitative estimate of drug-likeness (QED) is 0.185. The van der Waals surface area contributed by atoms with Crippen LogP contribution in [0.4, 0.5) is 11.4 Å². The van der Waals surface area contributed by atoms with Gasteiger partial charge in [-0.1, -0.05) is 56.5 Å². The van der Waals surface area contributed by atoms with Gasteiger partial charge in [-0.25, -0.2) is 0 Å². The third-order valence-electron chi connectivity index (χ3n) is 5.71. The molecule has 0 aliphatic carbocycles. The standard InChI is InChI=1S/C29H32BrN3O3S/c1-3-5-6-12-19-36-26-18-17-21(20-24(26)30)27(34)32-29(37)31-25-16-11-10-15-23(25)28(35)33(4-2)22-13-8-7-9-14-22/h7-11,13-18,20H,3-6,12,19H2,1-2H3,(H2,31,32,34,37). The van der Waals surface area contributed by atoms with Gasteiger partial charge in [0, 0.05) is 17.8 Å². The SMILES string of the molecule is CCCCCCOc1ccc(C(=O)NC(=S)Nc2ccccc2C(=O)N(CC)c2ccccc2)cc1Br. The zero-order valence-corrected chi connectivity index (χ0v) is 23.5. The number of hydrogen-bond acceptors (Lipinski definition) is 4. The largest absolute Gasteiger partial charge is 0.492 e. The maximum Gasteiger partial charge on any atom is 0.260 e. The van der Waals surface area contributed by atoms with Crippen LogP contribution in [-0.2, 0) is 0 Å². The average molecular weight is 583 g/mol. The molecule has 0 atom stereocenters. The van der Waals surface area contributed by atoms with E-state index in [1.807, 2.05) is 37.3 Å². The average Bonchev–Trinajstić information content (AvgIpc) is 2.90. The molecule has 0 unspecified atom stereocenters. The summed E-state index contributed by atoms with van der Waals surface area (Å²) in [5, 5.41) is 5.80. The lowest BCUT2D eigenvalue weighted by atomic mass is 10.1. The number of amides is 2. The highest BCUT2D eigenvalue weighted by atomic mass is 79.9. The summed E-state index contributed by atoms with van der Waals surface area (Å²) in [6.45, 7) is 5.24. The van der Waals surface area contributed by atoms with Crippen LogP contribution in [0.5, 0.6) is 5.75 Å². The second-order valence-electron chi connectivity index (χ2n) is 8.39. The number of nitrogens with one attached hydrogen (secondary N) is 2. The van der Waals surface area contributed by atoms with E-state index in [9.17, 15) is 9.59 Å². The fourth-order valence-electron chi connectivity index (χ4n) is 3.77. The molecule has 2 amide bonds. The second-order valence-corrected chi connectivity index (χ2v) is 9.66. The van der Waals surface area contributed by atoms with Gasteiger partial charge in [-0.15, -0.1) is 0 Å². The predicted molar refractivity (Wildman–Crippen MR) is 158 cm³/mol. The molecule has 0 heterocycles. The van der Waals surface area contributed by atoms with E-state index in [1.165, 1.54) is 12.8 Å².